The first kappa shape index (κ1) is 27.0. The van der Waals surface area contributed by atoms with E-state index in [9.17, 15) is 26.7 Å². The van der Waals surface area contributed by atoms with E-state index in [4.69, 9.17) is 0 Å². The van der Waals surface area contributed by atoms with E-state index in [0.29, 0.717) is 34.8 Å². The van der Waals surface area contributed by atoms with Crippen molar-refractivity contribution >= 4 is 11.6 Å². The van der Waals surface area contributed by atoms with Crippen molar-refractivity contribution in [1.29, 1.82) is 0 Å². The Kier molecular flexibility index (Phi) is 7.54. The predicted octanol–water partition coefficient (Wildman–Crippen LogP) is 4.54. The summed E-state index contributed by atoms with van der Waals surface area (Å²) in [6.45, 7) is 3.00. The van der Waals surface area contributed by atoms with Gasteiger partial charge in [-0.25, -0.2) is 18.3 Å². The number of halogens is 5. The van der Waals surface area contributed by atoms with E-state index < -0.39 is 30.6 Å². The number of nitrogens with one attached hydrogen (secondary N) is 1. The maximum Gasteiger partial charge on any atom is 0.401 e. The van der Waals surface area contributed by atoms with Gasteiger partial charge >= 0.3 is 6.18 Å². The van der Waals surface area contributed by atoms with Crippen molar-refractivity contribution in [2.75, 3.05) is 13.6 Å². The van der Waals surface area contributed by atoms with Crippen LogP contribution in [0.5, 0.6) is 0 Å². The molecule has 1 fully saturated rings. The number of carbonyl (C=O) groups excluding carboxylic acids is 1. The predicted molar refractivity (Wildman–Crippen MR) is 125 cm³/mol. The molecule has 3 heterocycles. The standard InChI is InChI=1S/C24H30F5N7O/c1-4-35-19(7-10-30-35)22(37)32-21(16-5-8-23(25,26)9-6-16)18-13-36-20(31-18)11-17(15(2)33-36)12-34(3)14-24(27,28)29/h7,10-11,13,16,21H,4-6,8-9,12,14H2,1-3H3,(H,32,37). The zero-order chi connectivity index (χ0) is 27.0. The van der Waals surface area contributed by atoms with Crippen molar-refractivity contribution in [2.24, 2.45) is 5.92 Å². The number of hydrogen-bond donors (Lipinski definition) is 1. The van der Waals surface area contributed by atoms with Crippen LogP contribution in [0.2, 0.25) is 0 Å². The van der Waals surface area contributed by atoms with Crippen LogP contribution in [0.4, 0.5) is 22.0 Å². The number of carbonyl (C=O) groups is 1. The summed E-state index contributed by atoms with van der Waals surface area (Å²) in [4.78, 5) is 18.9. The number of fused-ring (bicyclic) bond motifs is 1. The van der Waals surface area contributed by atoms with E-state index in [1.807, 2.05) is 6.92 Å². The van der Waals surface area contributed by atoms with Crippen molar-refractivity contribution in [3.05, 3.63) is 47.2 Å². The van der Waals surface area contributed by atoms with E-state index in [2.05, 4.69) is 20.5 Å². The Morgan fingerprint density at radius 2 is 2.00 bits per heavy atom. The van der Waals surface area contributed by atoms with Gasteiger partial charge in [-0.05, 0) is 57.4 Å². The average molecular weight is 528 g/mol. The summed E-state index contributed by atoms with van der Waals surface area (Å²) in [7, 11) is 1.37. The second kappa shape index (κ2) is 10.3. The maximum absolute atomic E-state index is 13.9. The summed E-state index contributed by atoms with van der Waals surface area (Å²) in [6, 6.07) is 2.60. The van der Waals surface area contributed by atoms with Crippen LogP contribution in [-0.4, -0.2) is 60.9 Å². The Morgan fingerprint density at radius 3 is 2.65 bits per heavy atom. The lowest BCUT2D eigenvalue weighted by molar-refractivity contribution is -0.144. The smallest absolute Gasteiger partial charge is 0.342 e. The first-order valence-electron chi connectivity index (χ1n) is 12.2. The van der Waals surface area contributed by atoms with Gasteiger partial charge in [-0.1, -0.05) is 0 Å². The summed E-state index contributed by atoms with van der Waals surface area (Å²) in [5.74, 6) is -3.40. The molecular formula is C24H30F5N7O. The molecule has 3 aromatic rings. The lowest BCUT2D eigenvalue weighted by Gasteiger charge is -2.33. The molecule has 37 heavy (non-hydrogen) atoms. The highest BCUT2D eigenvalue weighted by Gasteiger charge is 2.39. The number of rotatable bonds is 8. The first-order chi connectivity index (χ1) is 17.3. The van der Waals surface area contributed by atoms with Crippen LogP contribution < -0.4 is 5.32 Å². The number of aryl methyl sites for hydroxylation is 2. The van der Waals surface area contributed by atoms with Crippen molar-refractivity contribution in [3.63, 3.8) is 0 Å². The summed E-state index contributed by atoms with van der Waals surface area (Å²) < 4.78 is 69.1. The van der Waals surface area contributed by atoms with Gasteiger partial charge in [-0.3, -0.25) is 14.4 Å². The minimum Gasteiger partial charge on any atom is -0.342 e. The van der Waals surface area contributed by atoms with Crippen molar-refractivity contribution in [3.8, 4) is 0 Å². The monoisotopic (exact) mass is 527 g/mol. The molecule has 1 atom stereocenters. The summed E-state index contributed by atoms with van der Waals surface area (Å²) in [5, 5.41) is 11.5. The Hall–Kier alpha value is -3.09. The third-order valence-electron chi connectivity index (χ3n) is 6.74. The normalized spacial score (nSPS) is 17.4. The highest BCUT2D eigenvalue weighted by molar-refractivity contribution is 5.92. The molecule has 8 nitrogen and oxygen atoms in total. The molecule has 202 valence electrons. The molecule has 1 saturated carbocycles. The van der Waals surface area contributed by atoms with Gasteiger partial charge < -0.3 is 5.32 Å². The second-order valence-electron chi connectivity index (χ2n) is 9.69. The van der Waals surface area contributed by atoms with Crippen LogP contribution in [0.3, 0.4) is 0 Å². The van der Waals surface area contributed by atoms with Crippen molar-refractivity contribution in [2.45, 2.75) is 70.8 Å². The molecule has 1 amide bonds. The summed E-state index contributed by atoms with van der Waals surface area (Å²) in [6.07, 6.45) is -1.31. The topological polar surface area (TPSA) is 80.3 Å². The fraction of sp³-hybridized carbons (Fsp3) is 0.583. The molecule has 0 saturated heterocycles. The van der Waals surface area contributed by atoms with Crippen LogP contribution in [0.15, 0.2) is 24.5 Å². The average Bonchev–Trinajstić information content (AvgIpc) is 3.43. The van der Waals surface area contributed by atoms with E-state index >= 15 is 0 Å². The van der Waals surface area contributed by atoms with Gasteiger partial charge in [0.05, 0.1) is 30.2 Å². The SMILES string of the molecule is CCn1nccc1C(=O)NC(c1cn2nc(C)c(CN(C)CC(F)(F)F)cc2n1)C1CCC(F)(F)CC1. The van der Waals surface area contributed by atoms with Crippen LogP contribution in [-0.2, 0) is 13.1 Å². The number of imidazole rings is 1. The van der Waals surface area contributed by atoms with Gasteiger partial charge in [-0.15, -0.1) is 0 Å². The highest BCUT2D eigenvalue weighted by Crippen LogP contribution is 2.41. The number of amides is 1. The fourth-order valence-electron chi connectivity index (χ4n) is 4.85. The molecule has 0 bridgehead atoms. The molecule has 0 radical (unpaired) electrons. The number of nitrogens with zero attached hydrogens (tertiary/aromatic N) is 6. The van der Waals surface area contributed by atoms with E-state index in [0.717, 1.165) is 4.90 Å². The van der Waals surface area contributed by atoms with Gasteiger partial charge in [0.25, 0.3) is 5.91 Å². The van der Waals surface area contributed by atoms with Gasteiger partial charge in [0.15, 0.2) is 5.65 Å². The van der Waals surface area contributed by atoms with Crippen molar-refractivity contribution < 1.29 is 26.7 Å². The lowest BCUT2D eigenvalue weighted by Crippen LogP contribution is -2.38. The number of hydrogen-bond acceptors (Lipinski definition) is 5. The van der Waals surface area contributed by atoms with E-state index in [-0.39, 0.29) is 38.1 Å². The third-order valence-corrected chi connectivity index (χ3v) is 6.74. The van der Waals surface area contributed by atoms with Crippen molar-refractivity contribution in [1.82, 2.24) is 34.6 Å². The Morgan fingerprint density at radius 1 is 1.30 bits per heavy atom. The molecule has 0 aromatic carbocycles. The molecule has 1 aliphatic rings. The Balaban J connectivity index is 1.63. The molecule has 4 rings (SSSR count). The van der Waals surface area contributed by atoms with Crippen LogP contribution in [0.1, 0.15) is 66.1 Å². The zero-order valence-electron chi connectivity index (χ0n) is 20.9. The molecule has 13 heteroatoms. The second-order valence-corrected chi connectivity index (χ2v) is 9.69. The molecule has 3 aromatic heterocycles. The maximum atomic E-state index is 13.9. The molecule has 1 unspecified atom stereocenters. The summed E-state index contributed by atoms with van der Waals surface area (Å²) >= 11 is 0. The lowest BCUT2D eigenvalue weighted by atomic mass is 9.81. The van der Waals surface area contributed by atoms with E-state index in [1.165, 1.54) is 17.8 Å². The minimum absolute atomic E-state index is 0.0237. The van der Waals surface area contributed by atoms with Gasteiger partial charge in [0.2, 0.25) is 5.92 Å². The Labute approximate surface area is 210 Å². The quantitative estimate of drug-likeness (QED) is 0.435. The van der Waals surface area contributed by atoms with Crippen LogP contribution >= 0.6 is 0 Å². The zero-order valence-corrected chi connectivity index (χ0v) is 20.9. The van der Waals surface area contributed by atoms with Crippen LogP contribution in [0, 0.1) is 12.8 Å². The fourth-order valence-corrected chi connectivity index (χ4v) is 4.85. The number of alkyl halides is 5. The van der Waals surface area contributed by atoms with Gasteiger partial charge in [0.1, 0.15) is 5.69 Å². The molecule has 1 N–H and O–H groups in total. The highest BCUT2D eigenvalue weighted by atomic mass is 19.4. The number of aromatic nitrogens is 5. The molecular weight excluding hydrogens is 497 g/mol. The summed E-state index contributed by atoms with van der Waals surface area (Å²) in [5.41, 5.74) is 2.33. The molecule has 1 aliphatic carbocycles. The third kappa shape index (κ3) is 6.43. The van der Waals surface area contributed by atoms with Crippen LogP contribution in [0.25, 0.3) is 5.65 Å². The Bertz CT molecular complexity index is 1240. The van der Waals surface area contributed by atoms with Gasteiger partial charge in [0, 0.05) is 32.1 Å². The molecule has 0 spiro atoms. The molecule has 0 aliphatic heterocycles. The minimum atomic E-state index is -4.32. The van der Waals surface area contributed by atoms with Gasteiger partial charge in [-0.2, -0.15) is 23.4 Å². The van der Waals surface area contributed by atoms with E-state index in [1.54, 1.807) is 29.9 Å². The largest absolute Gasteiger partial charge is 0.401 e. The first-order valence-corrected chi connectivity index (χ1v) is 12.2.